The van der Waals surface area contributed by atoms with Gasteiger partial charge >= 0.3 is 0 Å². The van der Waals surface area contributed by atoms with Crippen molar-refractivity contribution in [2.24, 2.45) is 11.1 Å². The highest BCUT2D eigenvalue weighted by Gasteiger charge is 2.42. The Hall–Kier alpha value is -0.540. The summed E-state index contributed by atoms with van der Waals surface area (Å²) in [6.45, 7) is 1.12. The second kappa shape index (κ2) is 6.07. The van der Waals surface area contributed by atoms with Crippen LogP contribution in [0.15, 0.2) is 16.3 Å². The van der Waals surface area contributed by atoms with Crippen molar-refractivity contribution in [2.45, 2.75) is 23.5 Å². The molecule has 0 aliphatic heterocycles. The monoisotopic (exact) mass is 334 g/mol. The summed E-state index contributed by atoms with van der Waals surface area (Å²) in [7, 11) is -1.82. The van der Waals surface area contributed by atoms with Gasteiger partial charge in [-0.2, -0.15) is 0 Å². The predicted octanol–water partition coefficient (Wildman–Crippen LogP) is 1.48. The van der Waals surface area contributed by atoms with Gasteiger partial charge in [0.15, 0.2) is 0 Å². The van der Waals surface area contributed by atoms with Gasteiger partial charge in [-0.15, -0.1) is 11.3 Å². The molecule has 5 nitrogen and oxygen atoms in total. The van der Waals surface area contributed by atoms with E-state index in [0.29, 0.717) is 18.0 Å². The van der Waals surface area contributed by atoms with Crippen molar-refractivity contribution in [3.05, 3.63) is 17.0 Å². The fourth-order valence-corrected chi connectivity index (χ4v) is 4.48. The smallest absolute Gasteiger partial charge is 0.250 e. The number of methoxy groups -OCH3 is 1. The summed E-state index contributed by atoms with van der Waals surface area (Å²) in [5.41, 5.74) is 5.57. The lowest BCUT2D eigenvalue weighted by molar-refractivity contribution is 0.173. The first-order chi connectivity index (χ1) is 9.38. The maximum Gasteiger partial charge on any atom is 0.250 e. The molecule has 0 saturated heterocycles. The first kappa shape index (κ1) is 15.8. The molecular formula is C12H18N2O3S3. The topological polar surface area (TPSA) is 81.4 Å². The van der Waals surface area contributed by atoms with Gasteiger partial charge in [0.05, 0.1) is 4.88 Å². The lowest BCUT2D eigenvalue weighted by Crippen LogP contribution is -2.30. The number of thiophene rings is 1. The molecule has 0 amide bonds. The lowest BCUT2D eigenvalue weighted by Gasteiger charge is -2.15. The Kier molecular flexibility index (Phi) is 4.80. The number of sulfonamides is 1. The number of nitrogens with two attached hydrogens (primary N) is 1. The van der Waals surface area contributed by atoms with Crippen LogP contribution in [0.5, 0.6) is 0 Å². The van der Waals surface area contributed by atoms with Crippen LogP contribution < -0.4 is 10.5 Å². The molecule has 3 N–H and O–H groups in total. The highest BCUT2D eigenvalue weighted by Crippen LogP contribution is 2.48. The summed E-state index contributed by atoms with van der Waals surface area (Å²) in [5, 5.41) is 0. The summed E-state index contributed by atoms with van der Waals surface area (Å²) in [6.07, 6.45) is 2.97. The van der Waals surface area contributed by atoms with E-state index < -0.39 is 10.0 Å². The maximum atomic E-state index is 12.2. The van der Waals surface area contributed by atoms with E-state index in [2.05, 4.69) is 4.72 Å². The van der Waals surface area contributed by atoms with E-state index in [1.165, 1.54) is 6.07 Å². The van der Waals surface area contributed by atoms with Crippen molar-refractivity contribution >= 4 is 38.6 Å². The van der Waals surface area contributed by atoms with Gasteiger partial charge in [0.25, 0.3) is 0 Å². The van der Waals surface area contributed by atoms with Crippen LogP contribution in [0.1, 0.15) is 24.1 Å². The molecule has 1 aromatic heterocycles. The molecule has 20 heavy (non-hydrogen) atoms. The van der Waals surface area contributed by atoms with Gasteiger partial charge in [-0.1, -0.05) is 12.2 Å². The molecule has 0 spiro atoms. The Labute approximate surface area is 128 Å². The highest BCUT2D eigenvalue weighted by molar-refractivity contribution is 7.91. The van der Waals surface area contributed by atoms with Gasteiger partial charge in [0.1, 0.15) is 9.20 Å². The molecule has 8 heteroatoms. The van der Waals surface area contributed by atoms with Crippen LogP contribution in [0.4, 0.5) is 0 Å². The number of hydrogen-bond acceptors (Lipinski definition) is 5. The summed E-state index contributed by atoms with van der Waals surface area (Å²) >= 11 is 5.93. The van der Waals surface area contributed by atoms with Crippen molar-refractivity contribution < 1.29 is 13.2 Å². The normalized spacial score (nSPS) is 17.1. The molecule has 1 fully saturated rings. The third kappa shape index (κ3) is 3.76. The number of hydrogen-bond donors (Lipinski definition) is 2. The molecule has 112 valence electrons. The zero-order valence-electron chi connectivity index (χ0n) is 11.2. The van der Waals surface area contributed by atoms with E-state index in [9.17, 15) is 8.42 Å². The van der Waals surface area contributed by atoms with Crippen LogP contribution in [-0.2, 0) is 14.8 Å². The van der Waals surface area contributed by atoms with E-state index in [1.54, 1.807) is 13.2 Å². The fraction of sp³-hybridized carbons (Fsp3) is 0.583. The number of thiocarbonyl (C=S) groups is 1. The molecule has 2 rings (SSSR count). The van der Waals surface area contributed by atoms with Crippen molar-refractivity contribution in [1.29, 1.82) is 0 Å². The van der Waals surface area contributed by atoms with Crippen LogP contribution in [-0.4, -0.2) is 33.7 Å². The minimum atomic E-state index is -3.48. The SMILES string of the molecule is COCCC1(CNS(=O)(=O)c2ccc(C(N)=S)s2)CC1. The molecule has 1 aromatic rings. The molecular weight excluding hydrogens is 316 g/mol. The predicted molar refractivity (Wildman–Crippen MR) is 83.6 cm³/mol. The fourth-order valence-electron chi connectivity index (χ4n) is 1.93. The summed E-state index contributed by atoms with van der Waals surface area (Å²) in [4.78, 5) is 0.830. The minimum Gasteiger partial charge on any atom is -0.389 e. The van der Waals surface area contributed by atoms with Gasteiger partial charge in [-0.25, -0.2) is 13.1 Å². The average Bonchev–Trinajstić information content (AvgIpc) is 2.97. The van der Waals surface area contributed by atoms with E-state index in [-0.39, 0.29) is 14.6 Å². The highest BCUT2D eigenvalue weighted by atomic mass is 32.2. The Balaban J connectivity index is 1.98. The van der Waals surface area contributed by atoms with E-state index >= 15 is 0 Å². The summed E-state index contributed by atoms with van der Waals surface area (Å²) < 4.78 is 32.4. The molecule has 1 aliphatic rings. The summed E-state index contributed by atoms with van der Waals surface area (Å²) in [6, 6.07) is 3.18. The van der Waals surface area contributed by atoms with Gasteiger partial charge < -0.3 is 10.5 Å². The van der Waals surface area contributed by atoms with Crippen LogP contribution in [0.25, 0.3) is 0 Å². The Morgan fingerprint density at radius 1 is 1.55 bits per heavy atom. The quantitative estimate of drug-likeness (QED) is 0.704. The molecule has 1 aliphatic carbocycles. The second-order valence-corrected chi connectivity index (χ2v) is 8.57. The molecule has 0 bridgehead atoms. The van der Waals surface area contributed by atoms with Gasteiger partial charge in [0.2, 0.25) is 10.0 Å². The van der Waals surface area contributed by atoms with E-state index in [0.717, 1.165) is 30.6 Å². The molecule has 0 unspecified atom stereocenters. The van der Waals surface area contributed by atoms with E-state index in [1.807, 2.05) is 0 Å². The Morgan fingerprint density at radius 2 is 2.25 bits per heavy atom. The zero-order valence-corrected chi connectivity index (χ0v) is 13.7. The number of ether oxygens (including phenoxy) is 1. The molecule has 0 aromatic carbocycles. The largest absolute Gasteiger partial charge is 0.389 e. The molecule has 0 radical (unpaired) electrons. The first-order valence-electron chi connectivity index (χ1n) is 6.27. The van der Waals surface area contributed by atoms with Crippen molar-refractivity contribution in [3.63, 3.8) is 0 Å². The summed E-state index contributed by atoms with van der Waals surface area (Å²) in [5.74, 6) is 0. The molecule has 1 heterocycles. The van der Waals surface area contributed by atoms with Crippen LogP contribution in [0.2, 0.25) is 0 Å². The van der Waals surface area contributed by atoms with Crippen LogP contribution in [0, 0.1) is 5.41 Å². The third-order valence-electron chi connectivity index (χ3n) is 3.52. The zero-order chi connectivity index (χ0) is 14.8. The minimum absolute atomic E-state index is 0.0757. The van der Waals surface area contributed by atoms with E-state index in [4.69, 9.17) is 22.7 Å². The maximum absolute atomic E-state index is 12.2. The van der Waals surface area contributed by atoms with Gasteiger partial charge in [-0.05, 0) is 36.8 Å². The second-order valence-electron chi connectivity index (χ2n) is 5.05. The van der Waals surface area contributed by atoms with Gasteiger partial charge in [-0.3, -0.25) is 0 Å². The average molecular weight is 334 g/mol. The van der Waals surface area contributed by atoms with Crippen molar-refractivity contribution in [3.8, 4) is 0 Å². The van der Waals surface area contributed by atoms with Crippen molar-refractivity contribution in [1.82, 2.24) is 4.72 Å². The Morgan fingerprint density at radius 3 is 2.75 bits per heavy atom. The van der Waals surface area contributed by atoms with Crippen LogP contribution in [0.3, 0.4) is 0 Å². The standard InChI is InChI=1S/C12H18N2O3S3/c1-17-7-6-12(4-5-12)8-14-20(15,16)10-3-2-9(19-10)11(13)18/h2-3,14H,4-8H2,1H3,(H2,13,18). The van der Waals surface area contributed by atoms with Crippen molar-refractivity contribution in [2.75, 3.05) is 20.3 Å². The number of nitrogens with one attached hydrogen (secondary N) is 1. The lowest BCUT2D eigenvalue weighted by atomic mass is 10.0. The molecule has 1 saturated carbocycles. The Bertz CT molecular complexity index is 591. The van der Waals surface area contributed by atoms with Crippen LogP contribution >= 0.6 is 23.6 Å². The molecule has 0 atom stereocenters. The third-order valence-corrected chi connectivity index (χ3v) is 6.88. The van der Waals surface area contributed by atoms with Gasteiger partial charge in [0, 0.05) is 20.3 Å². The number of rotatable bonds is 8. The first-order valence-corrected chi connectivity index (χ1v) is 8.98.